The van der Waals surface area contributed by atoms with Crippen molar-refractivity contribution in [3.05, 3.63) is 33.9 Å². The molecular formula is C12H16N2O4. The number of nitrogens with one attached hydrogen (secondary N) is 1. The van der Waals surface area contributed by atoms with Gasteiger partial charge in [0, 0.05) is 12.6 Å². The predicted molar refractivity (Wildman–Crippen MR) is 67.6 cm³/mol. The Morgan fingerprint density at radius 2 is 2.22 bits per heavy atom. The summed E-state index contributed by atoms with van der Waals surface area (Å²) in [6.07, 6.45) is 0.180. The van der Waals surface area contributed by atoms with Crippen LogP contribution in [0.3, 0.4) is 0 Å². The molecule has 0 amide bonds. The van der Waals surface area contributed by atoms with E-state index in [1.807, 2.05) is 0 Å². The Hall–Kier alpha value is -2.11. The van der Waals surface area contributed by atoms with Gasteiger partial charge in [-0.15, -0.1) is 0 Å². The molecule has 0 unspecified atom stereocenters. The highest BCUT2D eigenvalue weighted by Gasteiger charge is 2.15. The average molecular weight is 252 g/mol. The number of benzene rings is 1. The zero-order chi connectivity index (χ0) is 13.5. The van der Waals surface area contributed by atoms with Crippen molar-refractivity contribution in [1.29, 1.82) is 0 Å². The van der Waals surface area contributed by atoms with E-state index >= 15 is 0 Å². The first-order valence-corrected chi connectivity index (χ1v) is 5.69. The Balaban J connectivity index is 2.67. The van der Waals surface area contributed by atoms with Gasteiger partial charge in [0.25, 0.3) is 5.69 Å². The molecule has 1 aromatic rings. The predicted octanol–water partition coefficient (Wildman–Crippen LogP) is 2.27. The smallest absolute Gasteiger partial charge is 0.307 e. The van der Waals surface area contributed by atoms with E-state index in [9.17, 15) is 14.9 Å². The van der Waals surface area contributed by atoms with Gasteiger partial charge >= 0.3 is 5.97 Å². The van der Waals surface area contributed by atoms with Crippen molar-refractivity contribution in [1.82, 2.24) is 0 Å². The van der Waals surface area contributed by atoms with E-state index in [4.69, 9.17) is 4.74 Å². The molecule has 0 saturated heterocycles. The summed E-state index contributed by atoms with van der Waals surface area (Å²) in [6, 6.07) is 4.84. The summed E-state index contributed by atoms with van der Waals surface area (Å²) in [5.41, 5.74) is 1.23. The monoisotopic (exact) mass is 252 g/mol. The van der Waals surface area contributed by atoms with Crippen LogP contribution in [0.15, 0.2) is 18.2 Å². The Morgan fingerprint density at radius 1 is 1.50 bits per heavy atom. The summed E-state index contributed by atoms with van der Waals surface area (Å²) in [5.74, 6) is -0.318. The van der Waals surface area contributed by atoms with Crippen molar-refractivity contribution in [3.63, 3.8) is 0 Å². The minimum Gasteiger partial charge on any atom is -0.466 e. The molecular weight excluding hydrogens is 236 g/mol. The second-order valence-electron chi connectivity index (χ2n) is 3.71. The van der Waals surface area contributed by atoms with Crippen molar-refractivity contribution in [2.24, 2.45) is 0 Å². The number of nitrogens with zero attached hydrogens (tertiary/aromatic N) is 1. The number of carbonyl (C=O) groups excluding carboxylic acids is 1. The van der Waals surface area contributed by atoms with Crippen molar-refractivity contribution >= 4 is 17.3 Å². The fourth-order valence-electron chi connectivity index (χ4n) is 1.56. The van der Waals surface area contributed by atoms with Gasteiger partial charge in [-0.25, -0.2) is 0 Å². The molecule has 0 aliphatic rings. The first-order chi connectivity index (χ1) is 8.56. The summed E-state index contributed by atoms with van der Waals surface area (Å²) in [7, 11) is 0. The standard InChI is InChI=1S/C12H16N2O4/c1-3-18-11(15)7-8-13-12-9(2)5-4-6-10(12)14(16)17/h4-6,13H,3,7-8H2,1-2H3. The van der Waals surface area contributed by atoms with Crippen molar-refractivity contribution in [3.8, 4) is 0 Å². The lowest BCUT2D eigenvalue weighted by Gasteiger charge is -2.09. The van der Waals surface area contributed by atoms with E-state index in [-0.39, 0.29) is 18.1 Å². The first-order valence-electron chi connectivity index (χ1n) is 5.69. The van der Waals surface area contributed by atoms with Crippen LogP contribution in [0.4, 0.5) is 11.4 Å². The number of aryl methyl sites for hydroxylation is 1. The van der Waals surface area contributed by atoms with Gasteiger partial charge in [-0.05, 0) is 19.4 Å². The van der Waals surface area contributed by atoms with E-state index in [1.165, 1.54) is 6.07 Å². The second-order valence-corrected chi connectivity index (χ2v) is 3.71. The normalized spacial score (nSPS) is 9.89. The van der Waals surface area contributed by atoms with E-state index in [0.29, 0.717) is 18.8 Å². The quantitative estimate of drug-likeness (QED) is 0.477. The molecule has 0 bridgehead atoms. The maximum absolute atomic E-state index is 11.1. The van der Waals surface area contributed by atoms with Crippen LogP contribution >= 0.6 is 0 Å². The molecule has 6 heteroatoms. The van der Waals surface area contributed by atoms with Crippen LogP contribution in [-0.4, -0.2) is 24.0 Å². The summed E-state index contributed by atoms with van der Waals surface area (Å²) < 4.78 is 4.77. The number of nitro benzene ring substituents is 1. The Bertz CT molecular complexity index is 446. The van der Waals surface area contributed by atoms with E-state index in [0.717, 1.165) is 5.56 Å². The van der Waals surface area contributed by atoms with E-state index in [1.54, 1.807) is 26.0 Å². The minimum absolute atomic E-state index is 0.0128. The van der Waals surface area contributed by atoms with Crippen molar-refractivity contribution < 1.29 is 14.5 Å². The van der Waals surface area contributed by atoms with Crippen LogP contribution in [-0.2, 0) is 9.53 Å². The highest BCUT2D eigenvalue weighted by Crippen LogP contribution is 2.27. The van der Waals surface area contributed by atoms with E-state index < -0.39 is 4.92 Å². The highest BCUT2D eigenvalue weighted by molar-refractivity contribution is 5.71. The third-order valence-corrected chi connectivity index (χ3v) is 2.38. The van der Waals surface area contributed by atoms with Gasteiger partial charge in [-0.1, -0.05) is 12.1 Å². The lowest BCUT2D eigenvalue weighted by Crippen LogP contribution is -2.12. The molecule has 0 aliphatic carbocycles. The van der Waals surface area contributed by atoms with Crippen LogP contribution in [0.2, 0.25) is 0 Å². The van der Waals surface area contributed by atoms with Gasteiger partial charge in [0.2, 0.25) is 0 Å². The molecule has 0 saturated carbocycles. The number of para-hydroxylation sites is 1. The summed E-state index contributed by atoms with van der Waals surface area (Å²) in [6.45, 7) is 4.16. The first kappa shape index (κ1) is 14.0. The molecule has 0 fully saturated rings. The van der Waals surface area contributed by atoms with Gasteiger partial charge < -0.3 is 10.1 Å². The molecule has 0 aliphatic heterocycles. The van der Waals surface area contributed by atoms with Gasteiger partial charge in [0.1, 0.15) is 5.69 Å². The number of rotatable bonds is 6. The molecule has 0 atom stereocenters. The third kappa shape index (κ3) is 3.73. The van der Waals surface area contributed by atoms with Gasteiger partial charge in [-0.2, -0.15) is 0 Å². The molecule has 1 rings (SSSR count). The summed E-state index contributed by atoms with van der Waals surface area (Å²) in [5, 5.41) is 13.8. The number of nitro groups is 1. The fraction of sp³-hybridized carbons (Fsp3) is 0.417. The Morgan fingerprint density at radius 3 is 2.83 bits per heavy atom. The molecule has 1 N–H and O–H groups in total. The zero-order valence-electron chi connectivity index (χ0n) is 10.4. The number of ether oxygens (including phenoxy) is 1. The SMILES string of the molecule is CCOC(=O)CCNc1c(C)cccc1[N+](=O)[O-]. The summed E-state index contributed by atoms with van der Waals surface area (Å²) in [4.78, 5) is 21.5. The van der Waals surface area contributed by atoms with Crippen LogP contribution in [0.5, 0.6) is 0 Å². The number of esters is 1. The van der Waals surface area contributed by atoms with Crippen molar-refractivity contribution in [2.75, 3.05) is 18.5 Å². The Kier molecular flexibility index (Phi) is 5.10. The molecule has 18 heavy (non-hydrogen) atoms. The lowest BCUT2D eigenvalue weighted by molar-refractivity contribution is -0.384. The molecule has 0 spiro atoms. The number of anilines is 1. The van der Waals surface area contributed by atoms with Gasteiger partial charge in [-0.3, -0.25) is 14.9 Å². The Labute approximate surface area is 105 Å². The molecule has 0 heterocycles. The average Bonchev–Trinajstić information content (AvgIpc) is 2.31. The number of hydrogen-bond donors (Lipinski definition) is 1. The van der Waals surface area contributed by atoms with E-state index in [2.05, 4.69) is 5.32 Å². The van der Waals surface area contributed by atoms with Gasteiger partial charge in [0.15, 0.2) is 0 Å². The maximum atomic E-state index is 11.1. The van der Waals surface area contributed by atoms with Crippen LogP contribution in [0.1, 0.15) is 18.9 Å². The van der Waals surface area contributed by atoms with Crippen LogP contribution < -0.4 is 5.32 Å². The highest BCUT2D eigenvalue weighted by atomic mass is 16.6. The van der Waals surface area contributed by atoms with Gasteiger partial charge in [0.05, 0.1) is 18.0 Å². The maximum Gasteiger partial charge on any atom is 0.307 e. The third-order valence-electron chi connectivity index (χ3n) is 2.38. The molecule has 0 aromatic heterocycles. The molecule has 98 valence electrons. The van der Waals surface area contributed by atoms with Crippen LogP contribution in [0.25, 0.3) is 0 Å². The minimum atomic E-state index is -0.445. The number of carbonyl (C=O) groups is 1. The van der Waals surface area contributed by atoms with Crippen LogP contribution in [0, 0.1) is 17.0 Å². The summed E-state index contributed by atoms with van der Waals surface area (Å²) >= 11 is 0. The second kappa shape index (κ2) is 6.58. The zero-order valence-corrected chi connectivity index (χ0v) is 10.4. The fourth-order valence-corrected chi connectivity index (χ4v) is 1.56. The van der Waals surface area contributed by atoms with Crippen molar-refractivity contribution in [2.45, 2.75) is 20.3 Å². The molecule has 0 radical (unpaired) electrons. The lowest BCUT2D eigenvalue weighted by atomic mass is 10.1. The topological polar surface area (TPSA) is 81.5 Å². The molecule has 1 aromatic carbocycles. The number of hydrogen-bond acceptors (Lipinski definition) is 5. The largest absolute Gasteiger partial charge is 0.466 e. The molecule has 6 nitrogen and oxygen atoms in total.